The summed E-state index contributed by atoms with van der Waals surface area (Å²) in [4.78, 5) is 4.12. The Labute approximate surface area is 117 Å². The monoisotopic (exact) mass is 306 g/mol. The van der Waals surface area contributed by atoms with Crippen LogP contribution in [-0.2, 0) is 17.3 Å². The lowest BCUT2D eigenvalue weighted by molar-refractivity contribution is 0.590. The number of halogens is 3. The van der Waals surface area contributed by atoms with Gasteiger partial charge in [-0.25, -0.2) is 13.8 Å². The zero-order valence-corrected chi connectivity index (χ0v) is 12.1. The molecule has 19 heavy (non-hydrogen) atoms. The van der Waals surface area contributed by atoms with Crippen LogP contribution in [0.1, 0.15) is 18.1 Å². The van der Waals surface area contributed by atoms with Gasteiger partial charge in [0.15, 0.2) is 5.82 Å². The number of alkyl halides is 1. The molecular weight excluding hydrogens is 294 g/mol. The van der Waals surface area contributed by atoms with E-state index in [2.05, 4.69) is 4.98 Å². The molecule has 1 aromatic heterocycles. The van der Waals surface area contributed by atoms with E-state index in [9.17, 15) is 13.0 Å². The van der Waals surface area contributed by atoms with Crippen LogP contribution in [0.4, 0.5) is 8.78 Å². The SMILES string of the molecule is CC(Cl)c1nc2c(F)cc(F)cc2n1CCS(C)=O. The van der Waals surface area contributed by atoms with Crippen LogP contribution in [0.15, 0.2) is 12.1 Å². The third-order valence-electron chi connectivity index (χ3n) is 2.76. The van der Waals surface area contributed by atoms with Crippen LogP contribution in [-0.4, -0.2) is 25.8 Å². The number of hydrogen-bond donors (Lipinski definition) is 0. The van der Waals surface area contributed by atoms with Crippen molar-refractivity contribution in [1.82, 2.24) is 9.55 Å². The van der Waals surface area contributed by atoms with Crippen molar-refractivity contribution in [2.24, 2.45) is 0 Å². The van der Waals surface area contributed by atoms with E-state index in [1.807, 2.05) is 0 Å². The second-order valence-electron chi connectivity index (χ2n) is 4.27. The van der Waals surface area contributed by atoms with Crippen LogP contribution >= 0.6 is 11.6 Å². The smallest absolute Gasteiger partial charge is 0.153 e. The summed E-state index contributed by atoms with van der Waals surface area (Å²) in [6.45, 7) is 2.06. The minimum absolute atomic E-state index is 0.0887. The third-order valence-corrected chi connectivity index (χ3v) is 3.71. The molecular formula is C12H13ClF2N2OS. The number of imidazole rings is 1. The van der Waals surface area contributed by atoms with E-state index < -0.39 is 27.8 Å². The first kappa shape index (κ1) is 14.4. The van der Waals surface area contributed by atoms with Crippen molar-refractivity contribution in [3.8, 4) is 0 Å². The van der Waals surface area contributed by atoms with Gasteiger partial charge < -0.3 is 4.57 Å². The van der Waals surface area contributed by atoms with Crippen LogP contribution in [0, 0.1) is 11.6 Å². The summed E-state index contributed by atoms with van der Waals surface area (Å²) in [5.41, 5.74) is 0.427. The molecule has 0 aliphatic rings. The first-order valence-corrected chi connectivity index (χ1v) is 7.85. The summed E-state index contributed by atoms with van der Waals surface area (Å²) in [7, 11) is -1.00. The molecule has 0 saturated carbocycles. The summed E-state index contributed by atoms with van der Waals surface area (Å²) < 4.78 is 39.8. The number of benzene rings is 1. The summed E-state index contributed by atoms with van der Waals surface area (Å²) in [6, 6.07) is 2.01. The van der Waals surface area contributed by atoms with Crippen LogP contribution in [0.2, 0.25) is 0 Å². The lowest BCUT2D eigenvalue weighted by Gasteiger charge is -2.09. The van der Waals surface area contributed by atoms with Gasteiger partial charge in [-0.1, -0.05) is 0 Å². The van der Waals surface area contributed by atoms with Gasteiger partial charge in [-0.05, 0) is 13.0 Å². The Kier molecular flexibility index (Phi) is 4.20. The molecule has 7 heteroatoms. The Morgan fingerprint density at radius 3 is 2.74 bits per heavy atom. The van der Waals surface area contributed by atoms with Gasteiger partial charge in [0.2, 0.25) is 0 Å². The Hall–Kier alpha value is -1.01. The predicted molar refractivity (Wildman–Crippen MR) is 72.9 cm³/mol. The van der Waals surface area contributed by atoms with Crippen molar-refractivity contribution in [3.05, 3.63) is 29.6 Å². The molecule has 1 heterocycles. The highest BCUT2D eigenvalue weighted by molar-refractivity contribution is 7.84. The first-order chi connectivity index (χ1) is 8.90. The van der Waals surface area contributed by atoms with E-state index in [-0.39, 0.29) is 5.52 Å². The topological polar surface area (TPSA) is 34.9 Å². The minimum Gasteiger partial charge on any atom is -0.326 e. The summed E-state index contributed by atoms with van der Waals surface area (Å²) in [5, 5.41) is -0.444. The molecule has 2 unspecified atom stereocenters. The van der Waals surface area contributed by atoms with Gasteiger partial charge in [0.05, 0.1) is 10.9 Å². The van der Waals surface area contributed by atoms with E-state index in [0.29, 0.717) is 23.6 Å². The maximum atomic E-state index is 13.7. The standard InChI is InChI=1S/C12H13ClF2N2OS/c1-7(13)12-16-11-9(15)5-8(14)6-10(11)17(12)3-4-19(2)18/h5-7H,3-4H2,1-2H3. The third kappa shape index (κ3) is 2.95. The molecule has 0 saturated heterocycles. The molecule has 0 aliphatic heterocycles. The maximum absolute atomic E-state index is 13.7. The average molecular weight is 307 g/mol. The maximum Gasteiger partial charge on any atom is 0.153 e. The Bertz CT molecular complexity index is 642. The Balaban J connectivity index is 2.62. The minimum atomic E-state index is -1.00. The molecule has 3 nitrogen and oxygen atoms in total. The summed E-state index contributed by atoms with van der Waals surface area (Å²) in [5.74, 6) is -0.561. The van der Waals surface area contributed by atoms with Crippen LogP contribution in [0.3, 0.4) is 0 Å². The van der Waals surface area contributed by atoms with Crippen LogP contribution in [0.25, 0.3) is 11.0 Å². The molecule has 1 aromatic carbocycles. The number of aromatic nitrogens is 2. The molecule has 0 amide bonds. The molecule has 2 atom stereocenters. The van der Waals surface area contributed by atoms with Gasteiger partial charge in [-0.2, -0.15) is 0 Å². The van der Waals surface area contributed by atoms with E-state index in [1.54, 1.807) is 17.7 Å². The van der Waals surface area contributed by atoms with Crippen molar-refractivity contribution in [2.45, 2.75) is 18.8 Å². The lowest BCUT2D eigenvalue weighted by Crippen LogP contribution is -2.10. The van der Waals surface area contributed by atoms with Gasteiger partial charge in [0, 0.05) is 35.4 Å². The van der Waals surface area contributed by atoms with E-state index in [0.717, 1.165) is 6.07 Å². The zero-order valence-electron chi connectivity index (χ0n) is 10.5. The van der Waals surface area contributed by atoms with E-state index in [4.69, 9.17) is 11.6 Å². The van der Waals surface area contributed by atoms with Crippen LogP contribution in [0.5, 0.6) is 0 Å². The first-order valence-electron chi connectivity index (χ1n) is 5.69. The fourth-order valence-corrected chi connectivity index (χ4v) is 2.53. The molecule has 0 fully saturated rings. The number of hydrogen-bond acceptors (Lipinski definition) is 2. The molecule has 2 aromatic rings. The van der Waals surface area contributed by atoms with Crippen molar-refractivity contribution < 1.29 is 13.0 Å². The van der Waals surface area contributed by atoms with Gasteiger partial charge >= 0.3 is 0 Å². The lowest BCUT2D eigenvalue weighted by atomic mass is 10.3. The van der Waals surface area contributed by atoms with Crippen molar-refractivity contribution in [3.63, 3.8) is 0 Å². The normalized spacial score (nSPS) is 14.8. The number of rotatable bonds is 4. The molecule has 0 aliphatic carbocycles. The molecule has 0 N–H and O–H groups in total. The van der Waals surface area contributed by atoms with Crippen molar-refractivity contribution >= 4 is 33.4 Å². The summed E-state index contributed by atoms with van der Waals surface area (Å²) in [6.07, 6.45) is 1.57. The second-order valence-corrected chi connectivity index (χ2v) is 6.48. The highest BCUT2D eigenvalue weighted by atomic mass is 35.5. The van der Waals surface area contributed by atoms with Gasteiger partial charge in [0.25, 0.3) is 0 Å². The highest BCUT2D eigenvalue weighted by Crippen LogP contribution is 2.26. The van der Waals surface area contributed by atoms with Gasteiger partial charge in [-0.3, -0.25) is 4.21 Å². The summed E-state index contributed by atoms with van der Waals surface area (Å²) >= 11 is 6.01. The zero-order chi connectivity index (χ0) is 14.2. The molecule has 0 bridgehead atoms. The van der Waals surface area contributed by atoms with Gasteiger partial charge in [0.1, 0.15) is 17.2 Å². The van der Waals surface area contributed by atoms with Crippen molar-refractivity contribution in [2.75, 3.05) is 12.0 Å². The van der Waals surface area contributed by atoms with Gasteiger partial charge in [-0.15, -0.1) is 11.6 Å². The number of nitrogens with zero attached hydrogens (tertiary/aromatic N) is 2. The molecule has 2 rings (SSSR count). The molecule has 0 spiro atoms. The number of fused-ring (bicyclic) bond motifs is 1. The molecule has 0 radical (unpaired) electrons. The average Bonchev–Trinajstić information content (AvgIpc) is 2.65. The highest BCUT2D eigenvalue weighted by Gasteiger charge is 2.18. The van der Waals surface area contributed by atoms with Crippen molar-refractivity contribution in [1.29, 1.82) is 0 Å². The number of aryl methyl sites for hydroxylation is 1. The van der Waals surface area contributed by atoms with E-state index >= 15 is 0 Å². The predicted octanol–water partition coefficient (Wildman–Crippen LogP) is 2.99. The molecule has 104 valence electrons. The largest absolute Gasteiger partial charge is 0.326 e. The fraction of sp³-hybridized carbons (Fsp3) is 0.417. The van der Waals surface area contributed by atoms with Crippen LogP contribution < -0.4 is 0 Å². The fourth-order valence-electron chi connectivity index (χ4n) is 1.93. The Morgan fingerprint density at radius 1 is 1.47 bits per heavy atom. The second kappa shape index (κ2) is 5.54. The van der Waals surface area contributed by atoms with E-state index in [1.165, 1.54) is 6.07 Å². The Morgan fingerprint density at radius 2 is 2.16 bits per heavy atom. The quantitative estimate of drug-likeness (QED) is 0.814.